The average molecular weight is 172 g/mol. The first-order valence-electron chi connectivity index (χ1n) is 4.74. The highest BCUT2D eigenvalue weighted by atomic mass is 16.5. The SMILES string of the molecule is CCCCCC(C)C(=O)COC. The number of unbranched alkanes of at least 4 members (excludes halogenated alkanes) is 2. The molecule has 0 aliphatic heterocycles. The summed E-state index contributed by atoms with van der Waals surface area (Å²) >= 11 is 0. The molecule has 0 amide bonds. The van der Waals surface area contributed by atoms with Gasteiger partial charge in [0.1, 0.15) is 6.61 Å². The number of Topliss-reactive ketones (excluding diaryl/α,β-unsaturated/α-hetero) is 1. The number of ketones is 1. The number of hydrogen-bond acceptors (Lipinski definition) is 2. The van der Waals surface area contributed by atoms with Gasteiger partial charge < -0.3 is 4.74 Å². The Morgan fingerprint density at radius 1 is 1.42 bits per heavy atom. The van der Waals surface area contributed by atoms with Gasteiger partial charge in [-0.05, 0) is 6.42 Å². The van der Waals surface area contributed by atoms with E-state index in [0.717, 1.165) is 12.8 Å². The molecular weight excluding hydrogens is 152 g/mol. The van der Waals surface area contributed by atoms with Crippen LogP contribution in [0.15, 0.2) is 0 Å². The molecule has 12 heavy (non-hydrogen) atoms. The number of methoxy groups -OCH3 is 1. The second-order valence-corrected chi connectivity index (χ2v) is 3.30. The summed E-state index contributed by atoms with van der Waals surface area (Å²) < 4.78 is 4.78. The van der Waals surface area contributed by atoms with Crippen molar-refractivity contribution in [3.63, 3.8) is 0 Å². The van der Waals surface area contributed by atoms with Crippen LogP contribution in [0.2, 0.25) is 0 Å². The summed E-state index contributed by atoms with van der Waals surface area (Å²) in [6, 6.07) is 0. The Bertz CT molecular complexity index is 121. The summed E-state index contributed by atoms with van der Waals surface area (Å²) in [5.74, 6) is 0.408. The molecule has 0 rings (SSSR count). The van der Waals surface area contributed by atoms with Gasteiger partial charge in [0, 0.05) is 13.0 Å². The van der Waals surface area contributed by atoms with Gasteiger partial charge in [-0.3, -0.25) is 4.79 Å². The van der Waals surface area contributed by atoms with Gasteiger partial charge in [-0.2, -0.15) is 0 Å². The Morgan fingerprint density at radius 2 is 2.08 bits per heavy atom. The molecule has 0 saturated heterocycles. The van der Waals surface area contributed by atoms with Gasteiger partial charge in [0.25, 0.3) is 0 Å². The van der Waals surface area contributed by atoms with Crippen LogP contribution in [0.3, 0.4) is 0 Å². The summed E-state index contributed by atoms with van der Waals surface area (Å²) in [6.07, 6.45) is 4.61. The lowest BCUT2D eigenvalue weighted by Gasteiger charge is -2.08. The average Bonchev–Trinajstić information content (AvgIpc) is 2.05. The van der Waals surface area contributed by atoms with Crippen LogP contribution in [0, 0.1) is 5.92 Å². The van der Waals surface area contributed by atoms with Gasteiger partial charge in [-0.25, -0.2) is 0 Å². The Hall–Kier alpha value is -0.370. The van der Waals surface area contributed by atoms with Gasteiger partial charge in [-0.15, -0.1) is 0 Å². The van der Waals surface area contributed by atoms with Gasteiger partial charge in [-0.1, -0.05) is 33.1 Å². The van der Waals surface area contributed by atoms with E-state index in [1.54, 1.807) is 7.11 Å². The maximum absolute atomic E-state index is 11.2. The monoisotopic (exact) mass is 172 g/mol. The molecule has 0 bridgehead atoms. The molecule has 0 aromatic heterocycles. The van der Waals surface area contributed by atoms with Gasteiger partial charge in [0.15, 0.2) is 5.78 Å². The molecule has 0 heterocycles. The van der Waals surface area contributed by atoms with E-state index < -0.39 is 0 Å². The zero-order valence-corrected chi connectivity index (χ0v) is 8.43. The highest BCUT2D eigenvalue weighted by molar-refractivity contribution is 5.81. The highest BCUT2D eigenvalue weighted by Gasteiger charge is 2.10. The minimum Gasteiger partial charge on any atom is -0.377 e. The summed E-state index contributed by atoms with van der Waals surface area (Å²) in [6.45, 7) is 4.42. The molecule has 0 aromatic carbocycles. The summed E-state index contributed by atoms with van der Waals surface area (Å²) in [4.78, 5) is 11.2. The van der Waals surface area contributed by atoms with E-state index in [4.69, 9.17) is 4.74 Å². The molecule has 0 spiro atoms. The van der Waals surface area contributed by atoms with Crippen LogP contribution >= 0.6 is 0 Å². The molecule has 1 atom stereocenters. The van der Waals surface area contributed by atoms with E-state index in [1.165, 1.54) is 12.8 Å². The van der Waals surface area contributed by atoms with E-state index in [-0.39, 0.29) is 18.3 Å². The fraction of sp³-hybridized carbons (Fsp3) is 0.900. The van der Waals surface area contributed by atoms with Crippen molar-refractivity contribution in [2.24, 2.45) is 5.92 Å². The number of ether oxygens (including phenoxy) is 1. The molecule has 72 valence electrons. The smallest absolute Gasteiger partial charge is 0.161 e. The van der Waals surface area contributed by atoms with E-state index in [9.17, 15) is 4.79 Å². The van der Waals surface area contributed by atoms with Crippen molar-refractivity contribution in [1.29, 1.82) is 0 Å². The van der Waals surface area contributed by atoms with Gasteiger partial charge in [0.2, 0.25) is 0 Å². The third-order valence-corrected chi connectivity index (χ3v) is 2.08. The Labute approximate surface area is 75.3 Å². The van der Waals surface area contributed by atoms with Crippen LogP contribution in [-0.2, 0) is 9.53 Å². The van der Waals surface area contributed by atoms with Gasteiger partial charge >= 0.3 is 0 Å². The van der Waals surface area contributed by atoms with Crippen molar-refractivity contribution >= 4 is 5.78 Å². The first-order chi connectivity index (χ1) is 5.72. The number of hydrogen-bond donors (Lipinski definition) is 0. The lowest BCUT2D eigenvalue weighted by atomic mass is 9.99. The first-order valence-corrected chi connectivity index (χ1v) is 4.74. The maximum atomic E-state index is 11.2. The van der Waals surface area contributed by atoms with Crippen LogP contribution in [0.5, 0.6) is 0 Å². The Morgan fingerprint density at radius 3 is 2.58 bits per heavy atom. The van der Waals surface area contributed by atoms with Crippen LogP contribution in [0.1, 0.15) is 39.5 Å². The molecule has 0 aliphatic rings. The summed E-state index contributed by atoms with van der Waals surface area (Å²) in [5, 5.41) is 0. The van der Waals surface area contributed by atoms with Crippen molar-refractivity contribution in [1.82, 2.24) is 0 Å². The molecule has 0 aromatic rings. The summed E-state index contributed by atoms with van der Waals surface area (Å²) in [5.41, 5.74) is 0. The molecule has 0 saturated carbocycles. The van der Waals surface area contributed by atoms with Crippen LogP contribution in [-0.4, -0.2) is 19.5 Å². The number of rotatable bonds is 7. The van der Waals surface area contributed by atoms with E-state index in [1.807, 2.05) is 6.92 Å². The van der Waals surface area contributed by atoms with Crippen LogP contribution in [0.4, 0.5) is 0 Å². The van der Waals surface area contributed by atoms with Crippen molar-refractivity contribution in [3.8, 4) is 0 Å². The Kier molecular flexibility index (Phi) is 7.06. The predicted molar refractivity (Wildman–Crippen MR) is 50.2 cm³/mol. The number of carbonyl (C=O) groups excluding carboxylic acids is 1. The quantitative estimate of drug-likeness (QED) is 0.551. The predicted octanol–water partition coefficient (Wildman–Crippen LogP) is 2.42. The third kappa shape index (κ3) is 5.30. The highest BCUT2D eigenvalue weighted by Crippen LogP contribution is 2.10. The zero-order valence-electron chi connectivity index (χ0n) is 8.43. The van der Waals surface area contributed by atoms with E-state index in [2.05, 4.69) is 6.92 Å². The fourth-order valence-electron chi connectivity index (χ4n) is 1.15. The van der Waals surface area contributed by atoms with Gasteiger partial charge in [0.05, 0.1) is 0 Å². The minimum absolute atomic E-state index is 0.177. The van der Waals surface area contributed by atoms with Crippen molar-refractivity contribution in [2.45, 2.75) is 39.5 Å². The summed E-state index contributed by atoms with van der Waals surface area (Å²) in [7, 11) is 1.57. The minimum atomic E-state index is 0.177. The van der Waals surface area contributed by atoms with Crippen molar-refractivity contribution < 1.29 is 9.53 Å². The molecular formula is C10H20O2. The van der Waals surface area contributed by atoms with Crippen LogP contribution in [0.25, 0.3) is 0 Å². The maximum Gasteiger partial charge on any atom is 0.161 e. The Balaban J connectivity index is 3.42. The van der Waals surface area contributed by atoms with Crippen LogP contribution < -0.4 is 0 Å². The normalized spacial score (nSPS) is 12.9. The lowest BCUT2D eigenvalue weighted by Crippen LogP contribution is -2.16. The molecule has 0 N–H and O–H groups in total. The van der Waals surface area contributed by atoms with Crippen molar-refractivity contribution in [2.75, 3.05) is 13.7 Å². The molecule has 0 fully saturated rings. The first kappa shape index (κ1) is 11.6. The molecule has 0 radical (unpaired) electrons. The standard InChI is InChI=1S/C10H20O2/c1-4-5-6-7-9(2)10(11)8-12-3/h9H,4-8H2,1-3H3. The molecule has 0 aliphatic carbocycles. The third-order valence-electron chi connectivity index (χ3n) is 2.08. The lowest BCUT2D eigenvalue weighted by molar-refractivity contribution is -0.126. The largest absolute Gasteiger partial charge is 0.377 e. The molecule has 2 nitrogen and oxygen atoms in total. The number of carbonyl (C=O) groups is 1. The second kappa shape index (κ2) is 7.29. The zero-order chi connectivity index (χ0) is 9.40. The van der Waals surface area contributed by atoms with Crippen molar-refractivity contribution in [3.05, 3.63) is 0 Å². The molecule has 2 heteroatoms. The molecule has 1 unspecified atom stereocenters. The van der Waals surface area contributed by atoms with E-state index in [0.29, 0.717) is 0 Å². The second-order valence-electron chi connectivity index (χ2n) is 3.30. The fourth-order valence-corrected chi connectivity index (χ4v) is 1.15. The van der Waals surface area contributed by atoms with E-state index >= 15 is 0 Å². The topological polar surface area (TPSA) is 26.3 Å².